The number of aromatic nitrogens is 3. The van der Waals surface area contributed by atoms with Crippen molar-refractivity contribution in [3.05, 3.63) is 40.4 Å². The third-order valence-corrected chi connectivity index (χ3v) is 3.93. The monoisotopic (exact) mass is 292 g/mol. The largest absolute Gasteiger partial charge is 0.485 e. The molecule has 0 bridgehead atoms. The lowest BCUT2D eigenvalue weighted by Gasteiger charge is -2.16. The minimum Gasteiger partial charge on any atom is -0.485 e. The molecule has 2 N–H and O–H groups in total. The van der Waals surface area contributed by atoms with E-state index in [0.717, 1.165) is 30.2 Å². The van der Waals surface area contributed by atoms with E-state index in [0.29, 0.717) is 23.9 Å². The van der Waals surface area contributed by atoms with Crippen LogP contribution in [0.2, 0.25) is 5.02 Å². The van der Waals surface area contributed by atoms with Gasteiger partial charge < -0.3 is 15.0 Å². The number of hydrogen-bond donors (Lipinski definition) is 1. The van der Waals surface area contributed by atoms with E-state index < -0.39 is 0 Å². The predicted molar refractivity (Wildman–Crippen MR) is 76.6 cm³/mol. The Labute approximate surface area is 122 Å². The molecule has 1 aliphatic rings. The van der Waals surface area contributed by atoms with Crippen LogP contribution in [0.15, 0.2) is 18.2 Å². The molecule has 2 heterocycles. The maximum atomic E-state index is 6.11. The Morgan fingerprint density at radius 2 is 2.20 bits per heavy atom. The molecule has 0 saturated heterocycles. The van der Waals surface area contributed by atoms with Crippen LogP contribution in [0.3, 0.4) is 0 Å². The average molecular weight is 293 g/mol. The van der Waals surface area contributed by atoms with Gasteiger partial charge >= 0.3 is 0 Å². The third kappa shape index (κ3) is 2.51. The van der Waals surface area contributed by atoms with Crippen LogP contribution in [0.25, 0.3) is 0 Å². The minimum atomic E-state index is 0.354. The molecule has 0 unspecified atom stereocenters. The third-order valence-electron chi connectivity index (χ3n) is 3.57. The Kier molecular flexibility index (Phi) is 3.89. The van der Waals surface area contributed by atoms with Crippen LogP contribution in [-0.2, 0) is 26.1 Å². The summed E-state index contributed by atoms with van der Waals surface area (Å²) in [5.41, 5.74) is 6.54. The van der Waals surface area contributed by atoms with Crippen LogP contribution in [0, 0.1) is 0 Å². The molecule has 5 nitrogen and oxygen atoms in total. The number of hydrogen-bond acceptors (Lipinski definition) is 4. The first-order valence-corrected chi connectivity index (χ1v) is 7.18. The highest BCUT2D eigenvalue weighted by Crippen LogP contribution is 2.26. The number of nitrogens with zero attached hydrogens (tertiary/aromatic N) is 3. The van der Waals surface area contributed by atoms with E-state index in [9.17, 15) is 0 Å². The molecule has 1 aliphatic heterocycles. The maximum Gasteiger partial charge on any atom is 0.171 e. The number of nitrogens with two attached hydrogens (primary N) is 1. The summed E-state index contributed by atoms with van der Waals surface area (Å²) in [6.07, 6.45) is 3.35. The molecule has 0 spiro atoms. The average Bonchev–Trinajstić information content (AvgIpc) is 2.88. The van der Waals surface area contributed by atoms with E-state index in [1.165, 1.54) is 12.8 Å². The van der Waals surface area contributed by atoms with Gasteiger partial charge in [-0.25, -0.2) is 0 Å². The van der Waals surface area contributed by atoms with Gasteiger partial charge in [-0.15, -0.1) is 10.2 Å². The number of benzene rings is 1. The first-order valence-electron chi connectivity index (χ1n) is 6.81. The van der Waals surface area contributed by atoms with Crippen molar-refractivity contribution < 1.29 is 4.74 Å². The lowest BCUT2D eigenvalue weighted by Crippen LogP contribution is -2.15. The van der Waals surface area contributed by atoms with E-state index in [-0.39, 0.29) is 0 Å². The van der Waals surface area contributed by atoms with Crippen molar-refractivity contribution in [2.24, 2.45) is 5.73 Å². The summed E-state index contributed by atoms with van der Waals surface area (Å²) in [7, 11) is 0. The number of fused-ring (bicyclic) bond motifs is 1. The van der Waals surface area contributed by atoms with Gasteiger partial charge in [-0.05, 0) is 25.0 Å². The zero-order valence-electron chi connectivity index (χ0n) is 11.2. The molecule has 106 valence electrons. The first-order chi connectivity index (χ1) is 9.79. The summed E-state index contributed by atoms with van der Waals surface area (Å²) in [6.45, 7) is 1.72. The molecule has 1 aromatic carbocycles. The lowest BCUT2D eigenvalue weighted by atomic mass is 10.2. The van der Waals surface area contributed by atoms with Gasteiger partial charge in [0, 0.05) is 30.1 Å². The summed E-state index contributed by atoms with van der Waals surface area (Å²) >= 11 is 6.11. The summed E-state index contributed by atoms with van der Waals surface area (Å²) < 4.78 is 7.98. The second-order valence-electron chi connectivity index (χ2n) is 4.85. The van der Waals surface area contributed by atoms with Gasteiger partial charge in [-0.1, -0.05) is 17.7 Å². The minimum absolute atomic E-state index is 0.354. The Morgan fingerprint density at radius 1 is 1.30 bits per heavy atom. The van der Waals surface area contributed by atoms with Gasteiger partial charge in [0.1, 0.15) is 18.2 Å². The van der Waals surface area contributed by atoms with Crippen molar-refractivity contribution in [1.82, 2.24) is 14.8 Å². The maximum absolute atomic E-state index is 6.11. The van der Waals surface area contributed by atoms with Crippen LogP contribution in [0.5, 0.6) is 5.75 Å². The Bertz CT molecular complexity index is 611. The van der Waals surface area contributed by atoms with Crippen LogP contribution in [0.1, 0.15) is 30.1 Å². The summed E-state index contributed by atoms with van der Waals surface area (Å²) in [5.74, 6) is 2.63. The van der Waals surface area contributed by atoms with Gasteiger partial charge in [0.05, 0.1) is 0 Å². The Balaban J connectivity index is 1.77. The van der Waals surface area contributed by atoms with Crippen molar-refractivity contribution in [2.45, 2.75) is 39.0 Å². The molecule has 0 amide bonds. The smallest absolute Gasteiger partial charge is 0.171 e. The van der Waals surface area contributed by atoms with Gasteiger partial charge in [-0.2, -0.15) is 0 Å². The van der Waals surface area contributed by atoms with E-state index in [1.54, 1.807) is 0 Å². The Morgan fingerprint density at radius 3 is 3.05 bits per heavy atom. The van der Waals surface area contributed by atoms with E-state index in [2.05, 4.69) is 14.8 Å². The van der Waals surface area contributed by atoms with Crippen molar-refractivity contribution in [2.75, 3.05) is 0 Å². The van der Waals surface area contributed by atoms with Crippen LogP contribution in [0.4, 0.5) is 0 Å². The molecule has 1 aromatic heterocycles. The molecule has 0 fully saturated rings. The molecule has 0 radical (unpaired) electrons. The zero-order valence-corrected chi connectivity index (χ0v) is 11.9. The van der Waals surface area contributed by atoms with Crippen molar-refractivity contribution in [3.8, 4) is 5.75 Å². The van der Waals surface area contributed by atoms with Gasteiger partial charge in [-0.3, -0.25) is 0 Å². The molecule has 6 heteroatoms. The summed E-state index contributed by atoms with van der Waals surface area (Å²) in [5, 5.41) is 9.06. The van der Waals surface area contributed by atoms with E-state index >= 15 is 0 Å². The standard InChI is InChI=1S/C14H17ClN4O/c15-11-4-3-5-12(10(11)8-16)20-9-14-18-17-13-6-1-2-7-19(13)14/h3-5H,1-2,6-9,16H2. The van der Waals surface area contributed by atoms with Crippen LogP contribution >= 0.6 is 11.6 Å². The van der Waals surface area contributed by atoms with Crippen molar-refractivity contribution in [3.63, 3.8) is 0 Å². The highest BCUT2D eigenvalue weighted by atomic mass is 35.5. The van der Waals surface area contributed by atoms with E-state index in [1.807, 2.05) is 18.2 Å². The van der Waals surface area contributed by atoms with Gasteiger partial charge in [0.15, 0.2) is 5.82 Å². The number of rotatable bonds is 4. The molecular weight excluding hydrogens is 276 g/mol. The zero-order chi connectivity index (χ0) is 13.9. The molecule has 3 rings (SSSR count). The molecule has 2 aromatic rings. The second kappa shape index (κ2) is 5.81. The lowest BCUT2D eigenvalue weighted by molar-refractivity contribution is 0.283. The van der Waals surface area contributed by atoms with Gasteiger partial charge in [0.25, 0.3) is 0 Å². The molecule has 20 heavy (non-hydrogen) atoms. The quantitative estimate of drug-likeness (QED) is 0.939. The summed E-state index contributed by atoms with van der Waals surface area (Å²) in [6, 6.07) is 5.55. The topological polar surface area (TPSA) is 66.0 Å². The fourth-order valence-electron chi connectivity index (χ4n) is 2.49. The first kappa shape index (κ1) is 13.4. The fourth-order valence-corrected chi connectivity index (χ4v) is 2.73. The highest BCUT2D eigenvalue weighted by molar-refractivity contribution is 6.31. The SMILES string of the molecule is NCc1c(Cl)cccc1OCc1nnc2n1CCCC2. The van der Waals surface area contributed by atoms with Crippen molar-refractivity contribution >= 4 is 11.6 Å². The van der Waals surface area contributed by atoms with Crippen LogP contribution in [-0.4, -0.2) is 14.8 Å². The summed E-state index contributed by atoms with van der Waals surface area (Å²) in [4.78, 5) is 0. The normalized spacial score (nSPS) is 14.1. The molecule has 0 atom stereocenters. The predicted octanol–water partition coefficient (Wildman–Crippen LogP) is 2.31. The van der Waals surface area contributed by atoms with Crippen molar-refractivity contribution in [1.29, 1.82) is 0 Å². The molecule has 0 aliphatic carbocycles. The number of halogens is 1. The van der Waals surface area contributed by atoms with Gasteiger partial charge in [0.2, 0.25) is 0 Å². The molecular formula is C14H17ClN4O. The number of ether oxygens (including phenoxy) is 1. The fraction of sp³-hybridized carbons (Fsp3) is 0.429. The van der Waals surface area contributed by atoms with E-state index in [4.69, 9.17) is 22.1 Å². The second-order valence-corrected chi connectivity index (χ2v) is 5.26. The van der Waals surface area contributed by atoms with Crippen LogP contribution < -0.4 is 10.5 Å². The Hall–Kier alpha value is -1.59. The number of aryl methyl sites for hydroxylation is 1. The highest BCUT2D eigenvalue weighted by Gasteiger charge is 2.16. The molecule has 0 saturated carbocycles.